The lowest BCUT2D eigenvalue weighted by molar-refractivity contribution is -0.133. The summed E-state index contributed by atoms with van der Waals surface area (Å²) in [7, 11) is 0. The molecule has 2 aliphatic heterocycles. The monoisotopic (exact) mass is 409 g/mol. The Morgan fingerprint density at radius 1 is 0.967 bits per heavy atom. The van der Waals surface area contributed by atoms with Gasteiger partial charge in [-0.15, -0.1) is 0 Å². The van der Waals surface area contributed by atoms with Crippen LogP contribution in [0.25, 0.3) is 10.9 Å². The number of piperazine rings is 1. The van der Waals surface area contributed by atoms with Crippen LogP contribution >= 0.6 is 0 Å². The first-order valence-electron chi connectivity index (χ1n) is 11.4. The van der Waals surface area contributed by atoms with Crippen molar-refractivity contribution in [2.24, 2.45) is 5.92 Å². The van der Waals surface area contributed by atoms with Crippen molar-refractivity contribution in [3.8, 4) is 0 Å². The lowest BCUT2D eigenvalue weighted by Gasteiger charge is -2.37. The van der Waals surface area contributed by atoms with Gasteiger partial charge in [-0.3, -0.25) is 19.1 Å². The van der Waals surface area contributed by atoms with Crippen molar-refractivity contribution in [1.82, 2.24) is 19.4 Å². The summed E-state index contributed by atoms with van der Waals surface area (Å²) < 4.78 is 1.77. The molecule has 1 saturated carbocycles. The normalized spacial score (nSPS) is 20.9. The van der Waals surface area contributed by atoms with Gasteiger partial charge in [-0.2, -0.15) is 0 Å². The van der Waals surface area contributed by atoms with Crippen LogP contribution in [0.3, 0.4) is 0 Å². The van der Waals surface area contributed by atoms with Gasteiger partial charge in [0.05, 0.1) is 17.2 Å². The molecule has 7 nitrogen and oxygen atoms in total. The van der Waals surface area contributed by atoms with Crippen molar-refractivity contribution in [2.75, 3.05) is 50.7 Å². The first-order chi connectivity index (χ1) is 14.7. The van der Waals surface area contributed by atoms with E-state index >= 15 is 0 Å². The number of nitrogens with zero attached hydrogens (tertiary/aromatic N) is 5. The summed E-state index contributed by atoms with van der Waals surface area (Å²) in [4.78, 5) is 36.1. The summed E-state index contributed by atoms with van der Waals surface area (Å²) >= 11 is 0. The van der Waals surface area contributed by atoms with Crippen molar-refractivity contribution < 1.29 is 4.79 Å². The minimum atomic E-state index is 0.0792. The number of carbonyl (C=O) groups excluding carboxylic acids is 1. The first kappa shape index (κ1) is 19.5. The Bertz CT molecular complexity index is 975. The number of carbonyl (C=O) groups is 1. The number of hydrogen-bond donors (Lipinski definition) is 0. The molecule has 0 N–H and O–H groups in total. The third-order valence-electron chi connectivity index (χ3n) is 6.81. The molecule has 1 aromatic carbocycles. The Hall–Kier alpha value is -2.41. The molecule has 3 heterocycles. The van der Waals surface area contributed by atoms with Crippen LogP contribution in [0, 0.1) is 5.92 Å². The number of anilines is 1. The molecule has 2 saturated heterocycles. The molecular weight excluding hydrogens is 378 g/mol. The number of likely N-dealkylation sites (tertiary alicyclic amines) is 1. The fourth-order valence-electron chi connectivity index (χ4n) is 4.64. The average molecular weight is 410 g/mol. The maximum absolute atomic E-state index is 12.7. The molecule has 0 atom stereocenters. The van der Waals surface area contributed by atoms with E-state index in [-0.39, 0.29) is 5.56 Å². The lowest BCUT2D eigenvalue weighted by atomic mass is 10.1. The average Bonchev–Trinajstić information content (AvgIpc) is 3.59. The van der Waals surface area contributed by atoms with Gasteiger partial charge in [0, 0.05) is 64.5 Å². The van der Waals surface area contributed by atoms with Gasteiger partial charge >= 0.3 is 0 Å². The van der Waals surface area contributed by atoms with Gasteiger partial charge in [0.25, 0.3) is 5.56 Å². The van der Waals surface area contributed by atoms with E-state index in [0.29, 0.717) is 17.2 Å². The number of amides is 1. The molecule has 3 aliphatic rings. The maximum atomic E-state index is 12.7. The van der Waals surface area contributed by atoms with Gasteiger partial charge < -0.3 is 9.80 Å². The summed E-state index contributed by atoms with van der Waals surface area (Å²) in [6.45, 7) is 7.44. The quantitative estimate of drug-likeness (QED) is 0.730. The van der Waals surface area contributed by atoms with Crippen molar-refractivity contribution >= 4 is 22.5 Å². The predicted octanol–water partition coefficient (Wildman–Crippen LogP) is 1.94. The topological polar surface area (TPSA) is 61.7 Å². The third-order valence-corrected chi connectivity index (χ3v) is 6.81. The molecule has 0 unspecified atom stereocenters. The van der Waals surface area contributed by atoms with Crippen LogP contribution in [0.5, 0.6) is 0 Å². The maximum Gasteiger partial charge on any atom is 0.261 e. The van der Waals surface area contributed by atoms with E-state index in [1.54, 1.807) is 10.9 Å². The van der Waals surface area contributed by atoms with Crippen LogP contribution in [-0.2, 0) is 11.3 Å². The molecule has 0 spiro atoms. The van der Waals surface area contributed by atoms with E-state index in [9.17, 15) is 9.59 Å². The SMILES string of the molecule is O=C1CCCCN1CCN1CCN(c2ccc3c(=O)n(CC4CC4)cnc3c2)CC1. The van der Waals surface area contributed by atoms with E-state index in [4.69, 9.17) is 0 Å². The Morgan fingerprint density at radius 2 is 1.80 bits per heavy atom. The molecule has 5 rings (SSSR count). The molecule has 2 aromatic rings. The molecule has 7 heteroatoms. The molecule has 3 fully saturated rings. The van der Waals surface area contributed by atoms with E-state index in [0.717, 1.165) is 82.8 Å². The van der Waals surface area contributed by atoms with Crippen molar-refractivity contribution in [3.05, 3.63) is 34.9 Å². The molecule has 30 heavy (non-hydrogen) atoms. The van der Waals surface area contributed by atoms with Gasteiger partial charge in [0.2, 0.25) is 5.91 Å². The predicted molar refractivity (Wildman–Crippen MR) is 118 cm³/mol. The molecule has 160 valence electrons. The highest BCUT2D eigenvalue weighted by atomic mass is 16.2. The molecular formula is C23H31N5O2. The number of aromatic nitrogens is 2. The minimum absolute atomic E-state index is 0.0792. The summed E-state index contributed by atoms with van der Waals surface area (Å²) in [6.07, 6.45) is 7.07. The van der Waals surface area contributed by atoms with Crippen LogP contribution < -0.4 is 10.5 Å². The highest BCUT2D eigenvalue weighted by Gasteiger charge is 2.23. The second-order valence-corrected chi connectivity index (χ2v) is 9.01. The Morgan fingerprint density at radius 3 is 2.57 bits per heavy atom. The summed E-state index contributed by atoms with van der Waals surface area (Å²) in [6, 6.07) is 6.06. The van der Waals surface area contributed by atoms with Gasteiger partial charge in [-0.1, -0.05) is 0 Å². The van der Waals surface area contributed by atoms with E-state index < -0.39 is 0 Å². The highest BCUT2D eigenvalue weighted by Crippen LogP contribution is 2.30. The summed E-state index contributed by atoms with van der Waals surface area (Å²) in [5.41, 5.74) is 2.01. The zero-order chi connectivity index (χ0) is 20.5. The van der Waals surface area contributed by atoms with Gasteiger partial charge in [0.1, 0.15) is 0 Å². The van der Waals surface area contributed by atoms with E-state index in [1.807, 2.05) is 11.0 Å². The number of fused-ring (bicyclic) bond motifs is 1. The zero-order valence-electron chi connectivity index (χ0n) is 17.6. The number of rotatable bonds is 6. The molecule has 0 radical (unpaired) electrons. The fraction of sp³-hybridized carbons (Fsp3) is 0.609. The molecule has 1 amide bonds. The van der Waals surface area contributed by atoms with Crippen molar-refractivity contribution in [3.63, 3.8) is 0 Å². The summed E-state index contributed by atoms with van der Waals surface area (Å²) in [5.74, 6) is 0.977. The molecule has 0 bridgehead atoms. The minimum Gasteiger partial charge on any atom is -0.369 e. The third kappa shape index (κ3) is 4.21. The van der Waals surface area contributed by atoms with Crippen LogP contribution in [-0.4, -0.2) is 71.1 Å². The van der Waals surface area contributed by atoms with Crippen LogP contribution in [0.15, 0.2) is 29.3 Å². The van der Waals surface area contributed by atoms with Gasteiger partial charge in [-0.25, -0.2) is 4.98 Å². The largest absolute Gasteiger partial charge is 0.369 e. The lowest BCUT2D eigenvalue weighted by Crippen LogP contribution is -2.49. The standard InChI is InChI=1S/C23H31N5O2/c29-22-3-1-2-8-27(22)14-11-25-9-12-26(13-10-25)19-6-7-20-21(15-19)24-17-28(23(20)30)16-18-4-5-18/h6-7,15,17-18H,1-5,8-14,16H2. The molecule has 1 aromatic heterocycles. The fourth-order valence-corrected chi connectivity index (χ4v) is 4.64. The smallest absolute Gasteiger partial charge is 0.261 e. The van der Waals surface area contributed by atoms with Gasteiger partial charge in [0.15, 0.2) is 0 Å². The Kier molecular flexibility index (Phi) is 5.46. The second-order valence-electron chi connectivity index (χ2n) is 9.01. The van der Waals surface area contributed by atoms with Crippen molar-refractivity contribution in [1.29, 1.82) is 0 Å². The van der Waals surface area contributed by atoms with Crippen LogP contribution in [0.2, 0.25) is 0 Å². The molecule has 1 aliphatic carbocycles. The zero-order valence-corrected chi connectivity index (χ0v) is 17.6. The number of hydrogen-bond acceptors (Lipinski definition) is 5. The van der Waals surface area contributed by atoms with E-state index in [1.165, 1.54) is 12.8 Å². The second kappa shape index (κ2) is 8.38. The number of piperidine rings is 1. The highest BCUT2D eigenvalue weighted by molar-refractivity contribution is 5.81. The van der Waals surface area contributed by atoms with Crippen LogP contribution in [0.4, 0.5) is 5.69 Å². The Balaban J connectivity index is 1.19. The first-order valence-corrected chi connectivity index (χ1v) is 11.4. The van der Waals surface area contributed by atoms with E-state index in [2.05, 4.69) is 26.9 Å². The van der Waals surface area contributed by atoms with Crippen molar-refractivity contribution in [2.45, 2.75) is 38.6 Å². The number of benzene rings is 1. The van der Waals surface area contributed by atoms with Gasteiger partial charge in [-0.05, 0) is 49.8 Å². The Labute approximate surface area is 177 Å². The summed E-state index contributed by atoms with van der Waals surface area (Å²) in [5, 5.41) is 0.715. The van der Waals surface area contributed by atoms with Crippen LogP contribution in [0.1, 0.15) is 32.1 Å².